The van der Waals surface area contributed by atoms with Crippen molar-refractivity contribution in [3.05, 3.63) is 316 Å². The van der Waals surface area contributed by atoms with Crippen molar-refractivity contribution in [3.8, 4) is 0 Å². The van der Waals surface area contributed by atoms with Gasteiger partial charge in [0.05, 0.1) is 59.4 Å². The number of benzene rings is 9. The van der Waals surface area contributed by atoms with Gasteiger partial charge in [-0.2, -0.15) is 13.2 Å². The second-order valence-electron chi connectivity index (χ2n) is 33.5. The minimum absolute atomic E-state index is 0.0330. The van der Waals surface area contributed by atoms with E-state index < -0.39 is 17.6 Å². The summed E-state index contributed by atoms with van der Waals surface area (Å²) in [4.78, 5) is 109. The zero-order valence-corrected chi connectivity index (χ0v) is 86.2. The van der Waals surface area contributed by atoms with Gasteiger partial charge in [0.25, 0.3) is 29.5 Å². The SMILES string of the molecule is C=CCN=C1S/C(=C\c2ccc(N(C)C)cc2)C(=O)N1CC=C.CC(C)N=C1S/C(=C\c2ccc(N(C)C)cc2)C(=O)N1c1cccc(C(F)(F)F)c1.CC(C)N=C1S/C(=C\c2ccc(N(C)C)cc2)C(=O)N1c1cccc(Cl)c1.Cc1c(Cl)cccc1N1C(=O)/C(=C/c2ccc(N(C)C)cc2)SC1=NC(C)C.Cc1ccc(N2C(=O)/C(=C/c3ccc(N(C)C)cc3)SC2=NC(C)C)cc1Cl. The molecule has 0 radical (unpaired) electrons. The molecule has 31 heteroatoms. The Morgan fingerprint density at radius 1 is 0.360 bits per heavy atom. The van der Waals surface area contributed by atoms with Gasteiger partial charge in [-0.15, -0.1) is 13.2 Å². The summed E-state index contributed by atoms with van der Waals surface area (Å²) in [5.74, 6) is -0.671. The number of anilines is 9. The number of amides is 5. The topological polar surface area (TPSA) is 180 Å². The van der Waals surface area contributed by atoms with Crippen LogP contribution in [0.25, 0.3) is 30.4 Å². The van der Waals surface area contributed by atoms with Gasteiger partial charge in [0.1, 0.15) is 0 Å². The predicted molar refractivity (Wildman–Crippen MR) is 582 cm³/mol. The summed E-state index contributed by atoms with van der Waals surface area (Å²) in [5.41, 5.74) is 13.7. The molecule has 136 heavy (non-hydrogen) atoms. The van der Waals surface area contributed by atoms with Crippen molar-refractivity contribution < 1.29 is 37.1 Å². The monoisotopic (exact) mass is 1990 g/mol. The number of carbonyl (C=O) groups is 5. The summed E-state index contributed by atoms with van der Waals surface area (Å²) in [6.45, 7) is 27.9. The summed E-state index contributed by atoms with van der Waals surface area (Å²) in [7, 11) is 19.9. The van der Waals surface area contributed by atoms with Crippen LogP contribution in [0, 0.1) is 13.8 Å². The maximum atomic E-state index is 13.2. The summed E-state index contributed by atoms with van der Waals surface area (Å²) < 4.78 is 39.5. The molecule has 14 rings (SSSR count). The Labute approximate surface area is 834 Å². The second-order valence-corrected chi connectivity index (χ2v) is 39.8. The van der Waals surface area contributed by atoms with Gasteiger partial charge < -0.3 is 24.5 Å². The number of hydrogen-bond donors (Lipinski definition) is 0. The van der Waals surface area contributed by atoms with Crippen LogP contribution in [0.15, 0.2) is 281 Å². The highest BCUT2D eigenvalue weighted by Crippen LogP contribution is 2.45. The number of carbonyl (C=O) groups excluding carboxylic acids is 5. The van der Waals surface area contributed by atoms with Crippen LogP contribution in [0.5, 0.6) is 0 Å². The lowest BCUT2D eigenvalue weighted by molar-refractivity contribution is -0.137. The fraction of sp³-hybridized carbons (Fsp3) is 0.257. The summed E-state index contributed by atoms with van der Waals surface area (Å²) >= 11 is 25.5. The minimum atomic E-state index is -4.49. The highest BCUT2D eigenvalue weighted by atomic mass is 35.5. The number of alkyl halides is 3. The molecular weight excluding hydrogens is 1870 g/mol. The highest BCUT2D eigenvalue weighted by Gasteiger charge is 2.41. The molecule has 0 aliphatic carbocycles. The van der Waals surface area contributed by atoms with E-state index in [0.29, 0.717) is 78.5 Å². The van der Waals surface area contributed by atoms with Crippen molar-refractivity contribution in [2.24, 2.45) is 25.0 Å². The number of thioether (sulfide) groups is 5. The standard InChI is InChI=1S/2C22H24ClN3OS.C22H22F3N3OS.C21H22ClN3OS.C18H21N3OS/c1-14(2)24-22-26(18-9-6-15(3)19(23)13-18)21(27)20(28-22)12-16-7-10-17(11-8-16)25(4)5;1-14(2)24-22-26(19-8-6-7-18(23)15(19)3)21(27)20(28-22)13-16-9-11-17(12-10-16)25(4)5;1-14(2)26-21-28(18-7-5-6-16(13-18)22(23,24)25)20(29)19(30-21)12-15-8-10-17(11-9-15)27(3)4;1-14(2)23-21-25(18-7-5-6-16(22)13-18)20(26)19(27-21)12-15-8-10-17(11-9-15)24(3)4;1-5-11-19-18-21(12-6-2)17(22)16(23-18)13-14-7-9-15(10-8-14)20(3)4/h2*6-14H,1-5H3;5-14H,1-4H3;5-14H,1-4H3;5-10,13H,1-2,11-12H2,3-4H3/b20-12-,24-22?;20-13-,24-22?;19-12-,26-21?;19-12-,23-21?;16-13-,19-18?. The van der Waals surface area contributed by atoms with E-state index in [9.17, 15) is 37.1 Å². The molecule has 5 saturated heterocycles. The number of aliphatic imine (C=N–C) groups is 5. The lowest BCUT2D eigenvalue weighted by Crippen LogP contribution is -2.30. The smallest absolute Gasteiger partial charge is 0.378 e. The van der Waals surface area contributed by atoms with E-state index in [4.69, 9.17) is 34.8 Å². The first-order chi connectivity index (χ1) is 64.5. The zero-order valence-electron chi connectivity index (χ0n) is 79.9. The van der Waals surface area contributed by atoms with Crippen molar-refractivity contribution in [2.75, 3.05) is 128 Å². The Kier molecular flexibility index (Phi) is 38.2. The van der Waals surface area contributed by atoms with Crippen LogP contribution in [0.2, 0.25) is 15.1 Å². The van der Waals surface area contributed by atoms with E-state index in [1.54, 1.807) is 50.0 Å². The molecule has 20 nitrogen and oxygen atoms in total. The number of halogens is 6. The van der Waals surface area contributed by atoms with Gasteiger partial charge in [-0.1, -0.05) is 132 Å². The summed E-state index contributed by atoms with van der Waals surface area (Å²) in [6, 6.07) is 63.4. The normalized spacial score (nSPS) is 17.4. The van der Waals surface area contributed by atoms with Gasteiger partial charge in [-0.25, -0.2) is 0 Å². The molecular formula is C105H113Cl3F3N15O5S5. The first-order valence-corrected chi connectivity index (χ1v) is 48.8. The molecule has 5 heterocycles. The molecule has 710 valence electrons. The van der Waals surface area contributed by atoms with Gasteiger partial charge in [-0.05, 0) is 319 Å². The summed E-state index contributed by atoms with van der Waals surface area (Å²) in [6.07, 6.45) is 8.30. The maximum Gasteiger partial charge on any atom is 0.416 e. The van der Waals surface area contributed by atoms with Crippen LogP contribution >= 0.6 is 93.6 Å². The third kappa shape index (κ3) is 28.7. The van der Waals surface area contributed by atoms with Crippen LogP contribution in [0.3, 0.4) is 0 Å². The molecule has 0 bridgehead atoms. The Hall–Kier alpha value is -11.7. The van der Waals surface area contributed by atoms with Crippen LogP contribution in [0.1, 0.15) is 99.9 Å². The van der Waals surface area contributed by atoms with E-state index in [2.05, 4.69) is 38.1 Å². The predicted octanol–water partition coefficient (Wildman–Crippen LogP) is 25.5. The van der Waals surface area contributed by atoms with E-state index >= 15 is 0 Å². The van der Waals surface area contributed by atoms with E-state index in [1.807, 2.05) is 358 Å². The lowest BCUT2D eigenvalue weighted by atomic mass is 10.1. The molecule has 0 aromatic heterocycles. The molecule has 5 aliphatic rings. The van der Waals surface area contributed by atoms with Gasteiger partial charge in [0.15, 0.2) is 25.8 Å². The molecule has 0 spiro atoms. The molecule has 9 aromatic carbocycles. The third-order valence-electron chi connectivity index (χ3n) is 20.2. The Morgan fingerprint density at radius 2 is 0.669 bits per heavy atom. The number of rotatable bonds is 22. The molecule has 0 N–H and O–H groups in total. The molecule has 9 aromatic rings. The summed E-state index contributed by atoms with van der Waals surface area (Å²) in [5, 5.41) is 4.96. The Bertz CT molecular complexity index is 6190. The lowest BCUT2D eigenvalue weighted by Gasteiger charge is -2.19. The number of aryl methyl sites for hydroxylation is 1. The molecule has 0 atom stereocenters. The fourth-order valence-corrected chi connectivity index (χ4v) is 19.1. The molecule has 0 unspecified atom stereocenters. The number of amidine groups is 5. The van der Waals surface area contributed by atoms with Gasteiger partial charge in [-0.3, -0.25) is 73.4 Å². The second kappa shape index (κ2) is 48.8. The van der Waals surface area contributed by atoms with Gasteiger partial charge in [0, 0.05) is 145 Å². The van der Waals surface area contributed by atoms with E-state index in [-0.39, 0.29) is 53.5 Å². The van der Waals surface area contributed by atoms with Crippen molar-refractivity contribution >= 4 is 231 Å². The number of hydrogen-bond acceptors (Lipinski definition) is 20. The van der Waals surface area contributed by atoms with Crippen molar-refractivity contribution in [1.82, 2.24) is 4.90 Å². The van der Waals surface area contributed by atoms with Crippen LogP contribution in [0.4, 0.5) is 64.4 Å². The average Bonchev–Trinajstić information content (AvgIpc) is 1.58. The molecule has 5 aliphatic heterocycles. The Balaban J connectivity index is 0.000000176. The van der Waals surface area contributed by atoms with Gasteiger partial charge in [0.2, 0.25) is 0 Å². The van der Waals surface area contributed by atoms with Crippen molar-refractivity contribution in [2.45, 2.75) is 99.6 Å². The van der Waals surface area contributed by atoms with E-state index in [0.717, 1.165) is 108 Å². The molecule has 5 amide bonds. The largest absolute Gasteiger partial charge is 0.416 e. The first kappa shape index (κ1) is 106. The highest BCUT2D eigenvalue weighted by molar-refractivity contribution is 8.20. The molecule has 5 fully saturated rings. The average molecular weight is 1990 g/mol. The quantitative estimate of drug-likeness (QED) is 0.0462. The maximum absolute atomic E-state index is 13.2. The van der Waals surface area contributed by atoms with Crippen LogP contribution in [-0.4, -0.2) is 168 Å². The third-order valence-corrected chi connectivity index (χ3v) is 26.2. The van der Waals surface area contributed by atoms with Crippen LogP contribution < -0.4 is 44.1 Å². The minimum Gasteiger partial charge on any atom is -0.378 e. The van der Waals surface area contributed by atoms with Crippen molar-refractivity contribution in [3.63, 3.8) is 0 Å². The zero-order chi connectivity index (χ0) is 99.3. The van der Waals surface area contributed by atoms with Gasteiger partial charge >= 0.3 is 6.18 Å². The van der Waals surface area contributed by atoms with E-state index in [1.165, 1.54) is 64.1 Å². The van der Waals surface area contributed by atoms with Crippen molar-refractivity contribution in [1.29, 1.82) is 0 Å². The fourth-order valence-electron chi connectivity index (χ4n) is 13.2. The van der Waals surface area contributed by atoms with Crippen LogP contribution in [-0.2, 0) is 30.1 Å². The Morgan fingerprint density at radius 3 is 0.985 bits per heavy atom. The first-order valence-electron chi connectivity index (χ1n) is 43.6. The number of nitrogens with zero attached hydrogens (tertiary/aromatic N) is 15. The molecule has 0 saturated carbocycles.